The zero-order valence-corrected chi connectivity index (χ0v) is 12.1. The fraction of sp³-hybridized carbons (Fsp3) is 0.750. The van der Waals surface area contributed by atoms with Gasteiger partial charge in [-0.05, 0) is 20.3 Å². The standard InChI is InChI=1S/C12H23N5O2/c1-5-7-19-12-15-10(13)14-11(16-12)17(6-2)9(3)8-18-4/h9H,5-8H2,1-4H3,(H2,13,14,15,16). The van der Waals surface area contributed by atoms with Crippen LogP contribution in [0.5, 0.6) is 6.01 Å². The van der Waals surface area contributed by atoms with Gasteiger partial charge in [-0.3, -0.25) is 0 Å². The molecule has 2 N–H and O–H groups in total. The zero-order chi connectivity index (χ0) is 14.3. The Balaban J connectivity index is 2.92. The number of hydrogen-bond acceptors (Lipinski definition) is 7. The molecule has 1 aromatic heterocycles. The minimum absolute atomic E-state index is 0.149. The lowest BCUT2D eigenvalue weighted by atomic mass is 10.3. The van der Waals surface area contributed by atoms with Gasteiger partial charge in [-0.15, -0.1) is 0 Å². The first-order chi connectivity index (χ1) is 9.12. The number of ether oxygens (including phenoxy) is 2. The Morgan fingerprint density at radius 2 is 2.00 bits per heavy atom. The van der Waals surface area contributed by atoms with Crippen molar-refractivity contribution >= 4 is 11.9 Å². The molecule has 0 aliphatic heterocycles. The third-order valence-electron chi connectivity index (χ3n) is 2.59. The first kappa shape index (κ1) is 15.4. The number of methoxy groups -OCH3 is 1. The molecule has 7 heteroatoms. The summed E-state index contributed by atoms with van der Waals surface area (Å²) in [7, 11) is 1.67. The highest BCUT2D eigenvalue weighted by atomic mass is 16.5. The predicted molar refractivity (Wildman–Crippen MR) is 74.4 cm³/mol. The van der Waals surface area contributed by atoms with E-state index in [0.29, 0.717) is 19.2 Å². The number of aromatic nitrogens is 3. The second-order valence-corrected chi connectivity index (χ2v) is 4.22. The number of rotatable bonds is 8. The lowest BCUT2D eigenvalue weighted by Crippen LogP contribution is -2.37. The van der Waals surface area contributed by atoms with E-state index in [1.54, 1.807) is 7.11 Å². The Labute approximate surface area is 114 Å². The van der Waals surface area contributed by atoms with Gasteiger partial charge in [0.25, 0.3) is 0 Å². The van der Waals surface area contributed by atoms with Gasteiger partial charge in [0.1, 0.15) is 0 Å². The number of nitrogens with two attached hydrogens (primary N) is 1. The summed E-state index contributed by atoms with van der Waals surface area (Å²) >= 11 is 0. The summed E-state index contributed by atoms with van der Waals surface area (Å²) in [6, 6.07) is 0.420. The fourth-order valence-corrected chi connectivity index (χ4v) is 1.73. The summed E-state index contributed by atoms with van der Waals surface area (Å²) in [5.74, 6) is 0.685. The van der Waals surface area contributed by atoms with E-state index < -0.39 is 0 Å². The Morgan fingerprint density at radius 1 is 1.26 bits per heavy atom. The fourth-order valence-electron chi connectivity index (χ4n) is 1.73. The van der Waals surface area contributed by atoms with Crippen LogP contribution in [0.4, 0.5) is 11.9 Å². The summed E-state index contributed by atoms with van der Waals surface area (Å²) in [4.78, 5) is 14.4. The van der Waals surface area contributed by atoms with Crippen molar-refractivity contribution in [2.75, 3.05) is 37.5 Å². The third kappa shape index (κ3) is 4.51. The van der Waals surface area contributed by atoms with Crippen LogP contribution < -0.4 is 15.4 Å². The highest BCUT2D eigenvalue weighted by Gasteiger charge is 2.17. The van der Waals surface area contributed by atoms with Crippen LogP contribution in [0.15, 0.2) is 0 Å². The van der Waals surface area contributed by atoms with Gasteiger partial charge in [-0.1, -0.05) is 6.92 Å². The highest BCUT2D eigenvalue weighted by Crippen LogP contribution is 2.16. The molecule has 108 valence electrons. The number of nitrogens with zero attached hydrogens (tertiary/aromatic N) is 4. The van der Waals surface area contributed by atoms with Crippen molar-refractivity contribution in [1.82, 2.24) is 15.0 Å². The molecule has 0 aliphatic carbocycles. The predicted octanol–water partition coefficient (Wildman–Crippen LogP) is 1.10. The van der Waals surface area contributed by atoms with Crippen molar-refractivity contribution in [3.63, 3.8) is 0 Å². The van der Waals surface area contributed by atoms with Crippen LogP contribution in [-0.2, 0) is 4.74 Å². The van der Waals surface area contributed by atoms with E-state index in [1.807, 2.05) is 25.7 Å². The van der Waals surface area contributed by atoms with E-state index in [-0.39, 0.29) is 18.0 Å². The first-order valence-corrected chi connectivity index (χ1v) is 6.52. The number of hydrogen-bond donors (Lipinski definition) is 1. The molecule has 1 unspecified atom stereocenters. The molecule has 1 rings (SSSR count). The zero-order valence-electron chi connectivity index (χ0n) is 12.1. The molecule has 1 heterocycles. The second kappa shape index (κ2) is 7.73. The van der Waals surface area contributed by atoms with Crippen LogP contribution >= 0.6 is 0 Å². The molecule has 0 radical (unpaired) electrons. The minimum Gasteiger partial charge on any atom is -0.463 e. The van der Waals surface area contributed by atoms with Crippen molar-refractivity contribution < 1.29 is 9.47 Å². The molecule has 0 aromatic carbocycles. The van der Waals surface area contributed by atoms with Gasteiger partial charge in [0.05, 0.1) is 19.3 Å². The molecule has 0 amide bonds. The van der Waals surface area contributed by atoms with Crippen LogP contribution in [0.3, 0.4) is 0 Å². The van der Waals surface area contributed by atoms with Gasteiger partial charge in [0.15, 0.2) is 0 Å². The second-order valence-electron chi connectivity index (χ2n) is 4.22. The molecular weight excluding hydrogens is 246 g/mol. The molecule has 19 heavy (non-hydrogen) atoms. The molecule has 0 bridgehead atoms. The summed E-state index contributed by atoms with van der Waals surface area (Å²) in [5.41, 5.74) is 5.70. The van der Waals surface area contributed by atoms with Gasteiger partial charge in [-0.2, -0.15) is 15.0 Å². The van der Waals surface area contributed by atoms with Gasteiger partial charge in [0.2, 0.25) is 11.9 Å². The first-order valence-electron chi connectivity index (χ1n) is 6.52. The normalized spacial score (nSPS) is 12.2. The maximum Gasteiger partial charge on any atom is 0.323 e. The Morgan fingerprint density at radius 3 is 2.58 bits per heavy atom. The Hall–Kier alpha value is -1.63. The molecule has 0 saturated carbocycles. The van der Waals surface area contributed by atoms with Gasteiger partial charge in [0, 0.05) is 13.7 Å². The molecule has 0 aliphatic rings. The Kier molecular flexibility index (Phi) is 6.27. The largest absolute Gasteiger partial charge is 0.463 e. The van der Waals surface area contributed by atoms with Crippen LogP contribution in [0.25, 0.3) is 0 Å². The smallest absolute Gasteiger partial charge is 0.323 e. The van der Waals surface area contributed by atoms with E-state index in [1.165, 1.54) is 0 Å². The average molecular weight is 269 g/mol. The van der Waals surface area contributed by atoms with E-state index in [4.69, 9.17) is 15.2 Å². The number of anilines is 2. The molecular formula is C12H23N5O2. The average Bonchev–Trinajstić information content (AvgIpc) is 2.37. The maximum absolute atomic E-state index is 5.70. The van der Waals surface area contributed by atoms with Crippen molar-refractivity contribution in [2.24, 2.45) is 0 Å². The lowest BCUT2D eigenvalue weighted by molar-refractivity contribution is 0.181. The number of nitrogen functional groups attached to an aromatic ring is 1. The summed E-state index contributed by atoms with van der Waals surface area (Å²) in [6.45, 7) is 7.98. The quantitative estimate of drug-likeness (QED) is 0.756. The summed E-state index contributed by atoms with van der Waals surface area (Å²) < 4.78 is 10.6. The van der Waals surface area contributed by atoms with Gasteiger partial charge in [-0.25, -0.2) is 0 Å². The van der Waals surface area contributed by atoms with Crippen molar-refractivity contribution in [2.45, 2.75) is 33.2 Å². The van der Waals surface area contributed by atoms with Gasteiger partial charge < -0.3 is 20.1 Å². The van der Waals surface area contributed by atoms with Crippen LogP contribution in [0, 0.1) is 0 Å². The molecule has 1 aromatic rings. The number of likely N-dealkylation sites (N-methyl/N-ethyl adjacent to an activating group) is 1. The topological polar surface area (TPSA) is 86.4 Å². The summed E-state index contributed by atoms with van der Waals surface area (Å²) in [6.07, 6.45) is 0.887. The Bertz CT molecular complexity index is 388. The maximum atomic E-state index is 5.70. The minimum atomic E-state index is 0.149. The summed E-state index contributed by atoms with van der Waals surface area (Å²) in [5, 5.41) is 0. The lowest BCUT2D eigenvalue weighted by Gasteiger charge is -2.27. The highest BCUT2D eigenvalue weighted by molar-refractivity contribution is 5.36. The van der Waals surface area contributed by atoms with E-state index in [9.17, 15) is 0 Å². The monoisotopic (exact) mass is 269 g/mol. The van der Waals surface area contributed by atoms with Crippen LogP contribution in [0.1, 0.15) is 27.2 Å². The SMILES string of the molecule is CCCOc1nc(N)nc(N(CC)C(C)COC)n1. The molecule has 0 spiro atoms. The van der Waals surface area contributed by atoms with Crippen molar-refractivity contribution in [1.29, 1.82) is 0 Å². The van der Waals surface area contributed by atoms with E-state index >= 15 is 0 Å². The van der Waals surface area contributed by atoms with Crippen LogP contribution in [-0.4, -0.2) is 47.9 Å². The molecule has 7 nitrogen and oxygen atoms in total. The van der Waals surface area contributed by atoms with Crippen molar-refractivity contribution in [3.05, 3.63) is 0 Å². The van der Waals surface area contributed by atoms with E-state index in [0.717, 1.165) is 13.0 Å². The van der Waals surface area contributed by atoms with Crippen molar-refractivity contribution in [3.8, 4) is 6.01 Å². The van der Waals surface area contributed by atoms with Crippen LogP contribution in [0.2, 0.25) is 0 Å². The molecule has 0 saturated heterocycles. The third-order valence-corrected chi connectivity index (χ3v) is 2.59. The molecule has 1 atom stereocenters. The molecule has 0 fully saturated rings. The van der Waals surface area contributed by atoms with E-state index in [2.05, 4.69) is 15.0 Å². The van der Waals surface area contributed by atoms with Gasteiger partial charge >= 0.3 is 6.01 Å².